The van der Waals surface area contributed by atoms with Crippen LogP contribution in [0.15, 0.2) is 48.0 Å². The molecule has 7 heteroatoms. The highest BCUT2D eigenvalue weighted by atomic mass is 35.5. The zero-order valence-corrected chi connectivity index (χ0v) is 14.3. The van der Waals surface area contributed by atoms with Gasteiger partial charge in [0.05, 0.1) is 24.9 Å². The van der Waals surface area contributed by atoms with Crippen LogP contribution in [0.3, 0.4) is 0 Å². The van der Waals surface area contributed by atoms with Crippen molar-refractivity contribution in [3.8, 4) is 11.5 Å². The van der Waals surface area contributed by atoms with Gasteiger partial charge in [-0.25, -0.2) is 5.01 Å². The number of methoxy groups -OCH3 is 2. The Hall–Kier alpha value is -2.99. The SMILES string of the molecule is COc1cc(/C=C2/C(=O)NN(c3ccccc3)C2=O)cc(Cl)c1OC. The van der Waals surface area contributed by atoms with Gasteiger partial charge in [-0.05, 0) is 35.9 Å². The smallest absolute Gasteiger partial charge is 0.282 e. The van der Waals surface area contributed by atoms with Crippen molar-refractivity contribution in [3.63, 3.8) is 0 Å². The maximum atomic E-state index is 12.6. The number of carbonyl (C=O) groups is 2. The van der Waals surface area contributed by atoms with Crippen LogP contribution in [0.4, 0.5) is 5.69 Å². The van der Waals surface area contributed by atoms with Crippen LogP contribution < -0.4 is 19.9 Å². The minimum atomic E-state index is -0.486. The number of hydrogen-bond donors (Lipinski definition) is 1. The van der Waals surface area contributed by atoms with Crippen molar-refractivity contribution in [2.24, 2.45) is 0 Å². The molecule has 1 aliphatic rings. The molecule has 1 heterocycles. The fourth-order valence-electron chi connectivity index (χ4n) is 2.50. The third-order valence-electron chi connectivity index (χ3n) is 3.67. The van der Waals surface area contributed by atoms with E-state index in [1.807, 2.05) is 6.07 Å². The first kappa shape index (κ1) is 16.9. The van der Waals surface area contributed by atoms with Gasteiger partial charge >= 0.3 is 0 Å². The number of amides is 2. The topological polar surface area (TPSA) is 67.9 Å². The maximum absolute atomic E-state index is 12.6. The summed E-state index contributed by atoms with van der Waals surface area (Å²) in [5, 5.41) is 1.52. The van der Waals surface area contributed by atoms with Gasteiger partial charge in [-0.3, -0.25) is 15.0 Å². The number of ether oxygens (including phenoxy) is 2. The van der Waals surface area contributed by atoms with Crippen molar-refractivity contribution in [2.75, 3.05) is 19.2 Å². The average Bonchev–Trinajstić information content (AvgIpc) is 2.90. The fourth-order valence-corrected chi connectivity index (χ4v) is 2.80. The summed E-state index contributed by atoms with van der Waals surface area (Å²) in [6.07, 6.45) is 1.47. The van der Waals surface area contributed by atoms with E-state index in [1.165, 1.54) is 25.3 Å². The van der Waals surface area contributed by atoms with E-state index < -0.39 is 11.8 Å². The summed E-state index contributed by atoms with van der Waals surface area (Å²) in [6, 6.07) is 12.1. The molecule has 0 bridgehead atoms. The molecular formula is C18H15ClN2O4. The molecule has 1 fully saturated rings. The number of para-hydroxylation sites is 1. The lowest BCUT2D eigenvalue weighted by Crippen LogP contribution is -2.35. The molecule has 1 saturated heterocycles. The van der Waals surface area contributed by atoms with Crippen molar-refractivity contribution < 1.29 is 19.1 Å². The second-order valence-corrected chi connectivity index (χ2v) is 5.62. The number of carbonyl (C=O) groups excluding carboxylic acids is 2. The van der Waals surface area contributed by atoms with Crippen LogP contribution in [0.25, 0.3) is 6.08 Å². The summed E-state index contributed by atoms with van der Waals surface area (Å²) in [6.45, 7) is 0. The molecule has 128 valence electrons. The highest BCUT2D eigenvalue weighted by Gasteiger charge is 2.34. The fraction of sp³-hybridized carbons (Fsp3) is 0.111. The van der Waals surface area contributed by atoms with E-state index in [4.69, 9.17) is 21.1 Å². The molecule has 0 aliphatic carbocycles. The third-order valence-corrected chi connectivity index (χ3v) is 3.95. The molecule has 0 aromatic heterocycles. The number of rotatable bonds is 4. The Labute approximate surface area is 149 Å². The van der Waals surface area contributed by atoms with Gasteiger partial charge in [-0.15, -0.1) is 0 Å². The molecule has 0 spiro atoms. The minimum absolute atomic E-state index is 0.00661. The van der Waals surface area contributed by atoms with Gasteiger partial charge in [0.2, 0.25) is 0 Å². The van der Waals surface area contributed by atoms with Gasteiger partial charge in [-0.1, -0.05) is 29.8 Å². The Morgan fingerprint density at radius 3 is 2.44 bits per heavy atom. The number of anilines is 1. The van der Waals surface area contributed by atoms with E-state index in [0.29, 0.717) is 27.8 Å². The lowest BCUT2D eigenvalue weighted by Gasteiger charge is -2.14. The summed E-state index contributed by atoms with van der Waals surface area (Å²) in [7, 11) is 2.96. The number of benzene rings is 2. The van der Waals surface area contributed by atoms with Gasteiger partial charge in [0.15, 0.2) is 11.5 Å². The van der Waals surface area contributed by atoms with Gasteiger partial charge < -0.3 is 9.47 Å². The van der Waals surface area contributed by atoms with Crippen molar-refractivity contribution in [3.05, 3.63) is 58.6 Å². The van der Waals surface area contributed by atoms with Gasteiger partial charge in [-0.2, -0.15) is 0 Å². The van der Waals surface area contributed by atoms with Crippen LogP contribution >= 0.6 is 11.6 Å². The first-order chi connectivity index (χ1) is 12.0. The van der Waals surface area contributed by atoms with E-state index in [9.17, 15) is 9.59 Å². The molecule has 0 atom stereocenters. The molecule has 1 aliphatic heterocycles. The van der Waals surface area contributed by atoms with Crippen LogP contribution in [0, 0.1) is 0 Å². The van der Waals surface area contributed by atoms with Gasteiger partial charge in [0.25, 0.3) is 11.8 Å². The Morgan fingerprint density at radius 1 is 1.08 bits per heavy atom. The highest BCUT2D eigenvalue weighted by Crippen LogP contribution is 2.36. The van der Waals surface area contributed by atoms with E-state index in [2.05, 4.69) is 5.43 Å². The second kappa shape index (κ2) is 6.86. The van der Waals surface area contributed by atoms with Crippen molar-refractivity contribution in [1.82, 2.24) is 5.43 Å². The molecular weight excluding hydrogens is 344 g/mol. The zero-order chi connectivity index (χ0) is 18.0. The number of hydrogen-bond acceptors (Lipinski definition) is 4. The molecule has 3 rings (SSSR count). The minimum Gasteiger partial charge on any atom is -0.493 e. The molecule has 1 N–H and O–H groups in total. The summed E-state index contributed by atoms with van der Waals surface area (Å²) < 4.78 is 10.4. The molecule has 0 radical (unpaired) electrons. The van der Waals surface area contributed by atoms with Crippen molar-refractivity contribution in [1.29, 1.82) is 0 Å². The Morgan fingerprint density at radius 2 is 1.80 bits per heavy atom. The van der Waals surface area contributed by atoms with E-state index in [0.717, 1.165) is 0 Å². The Kier molecular flexibility index (Phi) is 4.63. The normalized spacial score (nSPS) is 15.5. The lowest BCUT2D eigenvalue weighted by molar-refractivity contribution is -0.117. The van der Waals surface area contributed by atoms with Crippen LogP contribution in [0.1, 0.15) is 5.56 Å². The zero-order valence-electron chi connectivity index (χ0n) is 13.6. The molecule has 2 amide bonds. The van der Waals surface area contributed by atoms with E-state index >= 15 is 0 Å². The molecule has 2 aromatic carbocycles. The van der Waals surface area contributed by atoms with Gasteiger partial charge in [0, 0.05) is 0 Å². The summed E-state index contributed by atoms with van der Waals surface area (Å²) in [5.41, 5.74) is 3.68. The number of nitrogens with zero attached hydrogens (tertiary/aromatic N) is 1. The van der Waals surface area contributed by atoms with Crippen LogP contribution in [-0.2, 0) is 9.59 Å². The summed E-state index contributed by atoms with van der Waals surface area (Å²) in [5.74, 6) is -0.131. The molecule has 25 heavy (non-hydrogen) atoms. The lowest BCUT2D eigenvalue weighted by atomic mass is 10.1. The van der Waals surface area contributed by atoms with Crippen LogP contribution in [0.5, 0.6) is 11.5 Å². The third kappa shape index (κ3) is 3.16. The average molecular weight is 359 g/mol. The summed E-state index contributed by atoms with van der Waals surface area (Å²) in [4.78, 5) is 24.8. The number of nitrogens with one attached hydrogen (secondary N) is 1. The highest BCUT2D eigenvalue weighted by molar-refractivity contribution is 6.33. The molecule has 6 nitrogen and oxygen atoms in total. The second-order valence-electron chi connectivity index (χ2n) is 5.21. The standard InChI is InChI=1S/C18H15ClN2O4/c1-24-15-10-11(9-14(19)16(15)25-2)8-13-17(22)20-21(18(13)23)12-6-4-3-5-7-12/h3-10H,1-2H3,(H,20,22)/b13-8-. The predicted molar refractivity (Wildman–Crippen MR) is 94.6 cm³/mol. The molecule has 0 unspecified atom stereocenters. The first-order valence-electron chi connectivity index (χ1n) is 7.39. The van der Waals surface area contributed by atoms with Crippen molar-refractivity contribution >= 4 is 35.2 Å². The monoisotopic (exact) mass is 358 g/mol. The first-order valence-corrected chi connectivity index (χ1v) is 7.76. The number of hydrazine groups is 1. The Balaban J connectivity index is 1.98. The molecule has 2 aromatic rings. The van der Waals surface area contributed by atoms with Crippen LogP contribution in [0.2, 0.25) is 5.02 Å². The van der Waals surface area contributed by atoms with E-state index in [-0.39, 0.29) is 5.57 Å². The van der Waals surface area contributed by atoms with E-state index in [1.54, 1.807) is 36.4 Å². The van der Waals surface area contributed by atoms with Gasteiger partial charge in [0.1, 0.15) is 5.57 Å². The quantitative estimate of drug-likeness (QED) is 0.674. The Bertz CT molecular complexity index is 865. The predicted octanol–water partition coefficient (Wildman–Crippen LogP) is 2.82. The molecule has 0 saturated carbocycles. The summed E-state index contributed by atoms with van der Waals surface area (Å²) >= 11 is 6.17. The van der Waals surface area contributed by atoms with Crippen molar-refractivity contribution in [2.45, 2.75) is 0 Å². The van der Waals surface area contributed by atoms with Crippen LogP contribution in [-0.4, -0.2) is 26.0 Å². The largest absolute Gasteiger partial charge is 0.493 e. The number of halogens is 1. The maximum Gasteiger partial charge on any atom is 0.282 e.